The first-order valence-corrected chi connectivity index (χ1v) is 9.35. The minimum atomic E-state index is 0.0671. The molecule has 0 bridgehead atoms. The van der Waals surface area contributed by atoms with Crippen LogP contribution in [-0.4, -0.2) is 31.1 Å². The van der Waals surface area contributed by atoms with Gasteiger partial charge < -0.3 is 4.74 Å². The maximum atomic E-state index is 5.30. The van der Waals surface area contributed by atoms with Gasteiger partial charge in [0, 0.05) is 6.04 Å². The fraction of sp³-hybridized carbons (Fsp3) is 0.478. The number of hydrogen-bond donors (Lipinski definition) is 0. The van der Waals surface area contributed by atoms with Crippen LogP contribution in [0.1, 0.15) is 45.1 Å². The third kappa shape index (κ3) is 5.09. The van der Waals surface area contributed by atoms with E-state index < -0.39 is 0 Å². The Kier molecular flexibility index (Phi) is 7.07. The molecule has 1 atom stereocenters. The maximum absolute atomic E-state index is 5.30. The van der Waals surface area contributed by atoms with E-state index in [4.69, 9.17) is 4.74 Å². The molecule has 1 saturated heterocycles. The molecule has 0 saturated carbocycles. The molecule has 1 heterocycles. The number of likely N-dealkylation sites (tertiary alicyclic amines) is 1. The number of piperidine rings is 1. The van der Waals surface area contributed by atoms with E-state index in [0.29, 0.717) is 6.04 Å². The molecule has 2 nitrogen and oxygen atoms in total. The Morgan fingerprint density at radius 2 is 1.80 bits per heavy atom. The number of nitrogens with zero attached hydrogens (tertiary/aromatic N) is 1. The number of ether oxygens (including phenoxy) is 1. The molecule has 1 unspecified atom stereocenters. The second-order valence-corrected chi connectivity index (χ2v) is 7.54. The first-order chi connectivity index (χ1) is 12.0. The van der Waals surface area contributed by atoms with Crippen LogP contribution < -0.4 is 4.74 Å². The van der Waals surface area contributed by atoms with Crippen LogP contribution >= 0.6 is 0 Å². The van der Waals surface area contributed by atoms with Gasteiger partial charge in [0.1, 0.15) is 5.75 Å². The lowest BCUT2D eigenvalue weighted by Crippen LogP contribution is -2.43. The highest BCUT2D eigenvalue weighted by Crippen LogP contribution is 2.34. The van der Waals surface area contributed by atoms with Gasteiger partial charge in [0.15, 0.2) is 0 Å². The van der Waals surface area contributed by atoms with E-state index in [-0.39, 0.29) is 5.41 Å². The molecule has 0 spiro atoms. The molecule has 25 heavy (non-hydrogen) atoms. The summed E-state index contributed by atoms with van der Waals surface area (Å²) in [6, 6.07) is 8.88. The summed E-state index contributed by atoms with van der Waals surface area (Å²) in [5.74, 6) is 0.908. The number of hydrogen-bond acceptors (Lipinski definition) is 2. The van der Waals surface area contributed by atoms with Gasteiger partial charge in [-0.1, -0.05) is 63.8 Å². The van der Waals surface area contributed by atoms with Crippen molar-refractivity contribution in [3.63, 3.8) is 0 Å². The zero-order valence-corrected chi connectivity index (χ0v) is 16.1. The normalized spacial score (nSPS) is 17.8. The lowest BCUT2D eigenvalue weighted by Gasteiger charge is -2.40. The lowest BCUT2D eigenvalue weighted by atomic mass is 9.77. The second kappa shape index (κ2) is 9.05. The summed E-state index contributed by atoms with van der Waals surface area (Å²) in [5.41, 5.74) is 2.69. The van der Waals surface area contributed by atoms with Gasteiger partial charge in [-0.3, -0.25) is 4.90 Å². The molecule has 1 aliphatic rings. The van der Waals surface area contributed by atoms with E-state index in [0.717, 1.165) is 12.2 Å². The second-order valence-electron chi connectivity index (χ2n) is 7.54. The molecule has 0 aromatic heterocycles. The number of methoxy groups -OCH3 is 1. The number of allylic oxidation sites excluding steroid dienone is 2. The SMILES string of the molecule is C=C/C=C(\C=C)C(CC(C)(C)c1ccc(OC)cc1)N1CCCCC1. The molecular formula is C23H33NO. The minimum absolute atomic E-state index is 0.0671. The molecule has 0 aliphatic carbocycles. The summed E-state index contributed by atoms with van der Waals surface area (Å²) in [6.07, 6.45) is 11.0. The highest BCUT2D eigenvalue weighted by atomic mass is 16.5. The molecule has 2 heteroatoms. The summed E-state index contributed by atoms with van der Waals surface area (Å²) >= 11 is 0. The predicted molar refractivity (Wildman–Crippen MR) is 108 cm³/mol. The Bertz CT molecular complexity index is 591. The van der Waals surface area contributed by atoms with Gasteiger partial charge in [0.05, 0.1) is 7.11 Å². The van der Waals surface area contributed by atoms with Crippen LogP contribution in [0.5, 0.6) is 5.75 Å². The summed E-state index contributed by atoms with van der Waals surface area (Å²) < 4.78 is 5.30. The van der Waals surface area contributed by atoms with Crippen molar-refractivity contribution >= 4 is 0 Å². The van der Waals surface area contributed by atoms with Crippen molar-refractivity contribution in [3.8, 4) is 5.75 Å². The minimum Gasteiger partial charge on any atom is -0.497 e. The Balaban J connectivity index is 2.27. The maximum Gasteiger partial charge on any atom is 0.118 e. The van der Waals surface area contributed by atoms with Crippen LogP contribution in [0.15, 0.2) is 61.2 Å². The predicted octanol–water partition coefficient (Wildman–Crippen LogP) is 5.52. The number of rotatable bonds is 8. The standard InChI is InChI=1S/C23H33NO/c1-6-11-19(7-2)22(24-16-9-8-10-17-24)18-23(3,4)20-12-14-21(25-5)15-13-20/h6-7,11-15,22H,1-2,8-10,16-18H2,3-5H3/b19-11+. The van der Waals surface area contributed by atoms with E-state index in [2.05, 4.69) is 62.2 Å². The van der Waals surface area contributed by atoms with Crippen molar-refractivity contribution in [3.05, 3.63) is 66.8 Å². The molecule has 1 aromatic rings. The molecule has 2 rings (SSSR count). The smallest absolute Gasteiger partial charge is 0.118 e. The fourth-order valence-corrected chi connectivity index (χ4v) is 3.78. The summed E-state index contributed by atoms with van der Waals surface area (Å²) in [4.78, 5) is 2.63. The van der Waals surface area contributed by atoms with Crippen molar-refractivity contribution in [2.24, 2.45) is 0 Å². The van der Waals surface area contributed by atoms with Gasteiger partial charge in [-0.05, 0) is 61.0 Å². The Morgan fingerprint density at radius 3 is 2.32 bits per heavy atom. The molecule has 0 amide bonds. The largest absolute Gasteiger partial charge is 0.497 e. The average molecular weight is 340 g/mol. The molecule has 1 aliphatic heterocycles. The molecule has 136 valence electrons. The van der Waals surface area contributed by atoms with Gasteiger partial charge in [-0.15, -0.1) is 0 Å². The van der Waals surface area contributed by atoms with E-state index in [1.54, 1.807) is 7.11 Å². The quantitative estimate of drug-likeness (QED) is 0.579. The van der Waals surface area contributed by atoms with E-state index in [9.17, 15) is 0 Å². The monoisotopic (exact) mass is 339 g/mol. The van der Waals surface area contributed by atoms with Crippen LogP contribution in [0.4, 0.5) is 0 Å². The van der Waals surface area contributed by atoms with Gasteiger partial charge >= 0.3 is 0 Å². The van der Waals surface area contributed by atoms with Crippen molar-refractivity contribution < 1.29 is 4.74 Å². The molecule has 1 aromatic carbocycles. The summed E-state index contributed by atoms with van der Waals surface area (Å²) in [7, 11) is 1.71. The molecule has 1 fully saturated rings. The van der Waals surface area contributed by atoms with Crippen molar-refractivity contribution in [2.75, 3.05) is 20.2 Å². The number of benzene rings is 1. The first-order valence-electron chi connectivity index (χ1n) is 9.35. The van der Waals surface area contributed by atoms with Crippen molar-refractivity contribution in [1.82, 2.24) is 4.90 Å². The van der Waals surface area contributed by atoms with Gasteiger partial charge in [-0.2, -0.15) is 0 Å². The van der Waals surface area contributed by atoms with Crippen molar-refractivity contribution in [2.45, 2.75) is 51.0 Å². The highest BCUT2D eigenvalue weighted by Gasteiger charge is 2.30. The average Bonchev–Trinajstić information content (AvgIpc) is 2.65. The van der Waals surface area contributed by atoms with E-state index >= 15 is 0 Å². The lowest BCUT2D eigenvalue weighted by molar-refractivity contribution is 0.161. The van der Waals surface area contributed by atoms with Crippen LogP contribution in [0.25, 0.3) is 0 Å². The Hall–Kier alpha value is -1.80. The highest BCUT2D eigenvalue weighted by molar-refractivity contribution is 5.34. The van der Waals surface area contributed by atoms with Crippen LogP contribution in [0.2, 0.25) is 0 Å². The third-order valence-corrected chi connectivity index (χ3v) is 5.34. The van der Waals surface area contributed by atoms with Crippen molar-refractivity contribution in [1.29, 1.82) is 0 Å². The molecule has 0 radical (unpaired) electrons. The topological polar surface area (TPSA) is 12.5 Å². The fourth-order valence-electron chi connectivity index (χ4n) is 3.78. The van der Waals surface area contributed by atoms with Crippen LogP contribution in [0, 0.1) is 0 Å². The molecular weight excluding hydrogens is 306 g/mol. The zero-order chi connectivity index (χ0) is 18.3. The van der Waals surface area contributed by atoms with Gasteiger partial charge in [0.2, 0.25) is 0 Å². The third-order valence-electron chi connectivity index (χ3n) is 5.34. The van der Waals surface area contributed by atoms with E-state index in [1.807, 2.05) is 12.2 Å². The Labute approximate surface area is 153 Å². The van der Waals surface area contributed by atoms with E-state index in [1.165, 1.54) is 43.5 Å². The summed E-state index contributed by atoms with van der Waals surface area (Å²) in [6.45, 7) is 15.0. The zero-order valence-electron chi connectivity index (χ0n) is 16.1. The van der Waals surface area contributed by atoms with Gasteiger partial charge in [-0.25, -0.2) is 0 Å². The van der Waals surface area contributed by atoms with Crippen LogP contribution in [0.3, 0.4) is 0 Å². The Morgan fingerprint density at radius 1 is 1.16 bits per heavy atom. The molecule has 0 N–H and O–H groups in total. The van der Waals surface area contributed by atoms with Crippen LogP contribution in [-0.2, 0) is 5.41 Å². The first kappa shape index (κ1) is 19.5. The van der Waals surface area contributed by atoms with Gasteiger partial charge in [0.25, 0.3) is 0 Å². The summed E-state index contributed by atoms with van der Waals surface area (Å²) in [5, 5.41) is 0.